The number of carbonyl (C=O) groups is 1. The standard InChI is InChI=1S/C11H10N4O5/c16-9(17)5-14(6-1-2-6)7-3-4-8(15(18)19)11-10(7)12-20-13-11/h3-4,6H,1-2,5H2,(H,16,17). The third-order valence-electron chi connectivity index (χ3n) is 3.17. The minimum atomic E-state index is -0.972. The van der Waals surface area contributed by atoms with Gasteiger partial charge in [0.25, 0.3) is 0 Å². The zero-order valence-corrected chi connectivity index (χ0v) is 10.2. The van der Waals surface area contributed by atoms with E-state index in [0.29, 0.717) is 5.69 Å². The predicted molar refractivity (Wildman–Crippen MR) is 66.5 cm³/mol. The van der Waals surface area contributed by atoms with Crippen LogP contribution < -0.4 is 4.90 Å². The fourth-order valence-electron chi connectivity index (χ4n) is 2.16. The third kappa shape index (κ3) is 2.02. The number of nitro benzene ring substituents is 1. The van der Waals surface area contributed by atoms with E-state index in [1.54, 1.807) is 4.90 Å². The van der Waals surface area contributed by atoms with Crippen molar-refractivity contribution in [2.24, 2.45) is 0 Å². The Labute approximate surface area is 111 Å². The van der Waals surface area contributed by atoms with Gasteiger partial charge < -0.3 is 10.0 Å². The summed E-state index contributed by atoms with van der Waals surface area (Å²) in [4.78, 5) is 23.0. The molecule has 3 rings (SSSR count). The monoisotopic (exact) mass is 278 g/mol. The molecular formula is C11H10N4O5. The molecule has 1 aromatic heterocycles. The number of hydrogen-bond acceptors (Lipinski definition) is 7. The minimum absolute atomic E-state index is 0.0311. The Balaban J connectivity index is 2.11. The van der Waals surface area contributed by atoms with Gasteiger partial charge in [0.05, 0.1) is 10.6 Å². The maximum atomic E-state index is 11.0. The fourth-order valence-corrected chi connectivity index (χ4v) is 2.16. The Bertz CT molecular complexity index is 693. The third-order valence-corrected chi connectivity index (χ3v) is 3.17. The largest absolute Gasteiger partial charge is 0.480 e. The number of aromatic nitrogens is 2. The zero-order chi connectivity index (χ0) is 14.3. The summed E-state index contributed by atoms with van der Waals surface area (Å²) in [5.41, 5.74) is 0.531. The van der Waals surface area contributed by atoms with Gasteiger partial charge in [0.2, 0.25) is 5.52 Å². The lowest BCUT2D eigenvalue weighted by molar-refractivity contribution is -0.383. The number of rotatable bonds is 5. The van der Waals surface area contributed by atoms with Crippen LogP contribution in [0.4, 0.5) is 11.4 Å². The molecule has 2 aromatic rings. The molecule has 104 valence electrons. The van der Waals surface area contributed by atoms with Gasteiger partial charge in [0.15, 0.2) is 5.52 Å². The lowest BCUT2D eigenvalue weighted by atomic mass is 10.2. The van der Waals surface area contributed by atoms with E-state index in [1.165, 1.54) is 12.1 Å². The fraction of sp³-hybridized carbons (Fsp3) is 0.364. The maximum absolute atomic E-state index is 11.0. The van der Waals surface area contributed by atoms with E-state index in [4.69, 9.17) is 5.11 Å². The van der Waals surface area contributed by atoms with Gasteiger partial charge in [-0.15, -0.1) is 0 Å². The normalized spacial score (nSPS) is 14.4. The van der Waals surface area contributed by atoms with Crippen LogP contribution >= 0.6 is 0 Å². The van der Waals surface area contributed by atoms with Crippen molar-refractivity contribution in [1.82, 2.24) is 10.3 Å². The topological polar surface area (TPSA) is 123 Å². The summed E-state index contributed by atoms with van der Waals surface area (Å²) in [5, 5.41) is 27.1. The van der Waals surface area contributed by atoms with E-state index >= 15 is 0 Å². The van der Waals surface area contributed by atoms with E-state index in [9.17, 15) is 14.9 Å². The number of fused-ring (bicyclic) bond motifs is 1. The lowest BCUT2D eigenvalue weighted by Crippen LogP contribution is -2.31. The molecule has 9 nitrogen and oxygen atoms in total. The number of nitro groups is 1. The molecule has 0 bridgehead atoms. The number of aliphatic carboxylic acids is 1. The molecule has 1 aliphatic rings. The smallest absolute Gasteiger partial charge is 0.323 e. The van der Waals surface area contributed by atoms with E-state index < -0.39 is 10.9 Å². The molecule has 1 fully saturated rings. The quantitative estimate of drug-likeness (QED) is 0.638. The first-order chi connectivity index (χ1) is 9.58. The number of non-ortho nitro benzene ring substituents is 1. The predicted octanol–water partition coefficient (Wildman–Crippen LogP) is 1.18. The molecule has 1 saturated carbocycles. The van der Waals surface area contributed by atoms with Gasteiger partial charge in [-0.25, -0.2) is 4.63 Å². The molecule has 1 N–H and O–H groups in total. The van der Waals surface area contributed by atoms with Gasteiger partial charge >= 0.3 is 11.7 Å². The summed E-state index contributed by atoms with van der Waals surface area (Å²) in [6.07, 6.45) is 1.77. The molecule has 0 aliphatic heterocycles. The Morgan fingerprint density at radius 3 is 2.75 bits per heavy atom. The van der Waals surface area contributed by atoms with Crippen LogP contribution in [0.25, 0.3) is 11.0 Å². The van der Waals surface area contributed by atoms with Crippen molar-refractivity contribution in [2.45, 2.75) is 18.9 Å². The second-order valence-electron chi connectivity index (χ2n) is 4.58. The Morgan fingerprint density at radius 2 is 2.15 bits per heavy atom. The second-order valence-corrected chi connectivity index (χ2v) is 4.58. The van der Waals surface area contributed by atoms with Crippen LogP contribution in [0.2, 0.25) is 0 Å². The van der Waals surface area contributed by atoms with Crippen LogP contribution in [0, 0.1) is 10.1 Å². The molecule has 20 heavy (non-hydrogen) atoms. The van der Waals surface area contributed by atoms with Gasteiger partial charge in [-0.1, -0.05) is 0 Å². The van der Waals surface area contributed by atoms with Crippen molar-refractivity contribution < 1.29 is 19.5 Å². The number of hydrogen-bond donors (Lipinski definition) is 1. The highest BCUT2D eigenvalue weighted by molar-refractivity contribution is 5.95. The first-order valence-corrected chi connectivity index (χ1v) is 5.96. The van der Waals surface area contributed by atoms with Gasteiger partial charge in [0.1, 0.15) is 6.54 Å². The number of benzene rings is 1. The van der Waals surface area contributed by atoms with Crippen LogP contribution in [0.5, 0.6) is 0 Å². The van der Waals surface area contributed by atoms with Gasteiger partial charge in [0, 0.05) is 12.1 Å². The molecule has 1 aromatic carbocycles. The average Bonchev–Trinajstić information content (AvgIpc) is 3.11. The summed E-state index contributed by atoms with van der Waals surface area (Å²) in [7, 11) is 0. The highest BCUT2D eigenvalue weighted by Gasteiger charge is 2.33. The van der Waals surface area contributed by atoms with Crippen molar-refractivity contribution >= 4 is 28.4 Å². The van der Waals surface area contributed by atoms with Crippen molar-refractivity contribution in [3.8, 4) is 0 Å². The first-order valence-electron chi connectivity index (χ1n) is 5.96. The molecule has 0 radical (unpaired) electrons. The van der Waals surface area contributed by atoms with E-state index in [1.807, 2.05) is 0 Å². The SMILES string of the molecule is O=C(O)CN(c1ccc([N+](=O)[O-])c2nonc12)C1CC1. The van der Waals surface area contributed by atoms with Crippen molar-refractivity contribution in [3.63, 3.8) is 0 Å². The zero-order valence-electron chi connectivity index (χ0n) is 10.2. The van der Waals surface area contributed by atoms with Crippen LogP contribution in [-0.4, -0.2) is 38.9 Å². The van der Waals surface area contributed by atoms with Crippen LogP contribution in [0.15, 0.2) is 16.8 Å². The molecule has 0 spiro atoms. The average molecular weight is 278 g/mol. The molecule has 1 aliphatic carbocycles. The molecule has 0 atom stereocenters. The Kier molecular flexibility index (Phi) is 2.74. The maximum Gasteiger partial charge on any atom is 0.323 e. The highest BCUT2D eigenvalue weighted by atomic mass is 16.6. The van der Waals surface area contributed by atoms with E-state index in [0.717, 1.165) is 12.8 Å². The summed E-state index contributed by atoms with van der Waals surface area (Å²) in [5.74, 6) is -0.972. The molecule has 0 unspecified atom stereocenters. The number of anilines is 1. The van der Waals surface area contributed by atoms with Gasteiger partial charge in [-0.05, 0) is 29.2 Å². The van der Waals surface area contributed by atoms with Crippen LogP contribution in [0.1, 0.15) is 12.8 Å². The van der Waals surface area contributed by atoms with Crippen molar-refractivity contribution in [1.29, 1.82) is 0 Å². The number of nitrogens with zero attached hydrogens (tertiary/aromatic N) is 4. The summed E-state index contributed by atoms with van der Waals surface area (Å²) < 4.78 is 4.57. The number of carboxylic acid groups (broad SMARTS) is 1. The number of carboxylic acids is 1. The Morgan fingerprint density at radius 1 is 1.45 bits per heavy atom. The van der Waals surface area contributed by atoms with Crippen LogP contribution in [-0.2, 0) is 4.79 Å². The second kappa shape index (κ2) is 4.44. The molecule has 1 heterocycles. The van der Waals surface area contributed by atoms with Crippen molar-refractivity contribution in [3.05, 3.63) is 22.2 Å². The molecule has 0 amide bonds. The molecule has 0 saturated heterocycles. The van der Waals surface area contributed by atoms with Crippen molar-refractivity contribution in [2.75, 3.05) is 11.4 Å². The highest BCUT2D eigenvalue weighted by Crippen LogP contribution is 2.37. The first kappa shape index (κ1) is 12.3. The summed E-state index contributed by atoms with van der Waals surface area (Å²) in [6.45, 7) is -0.190. The summed E-state index contributed by atoms with van der Waals surface area (Å²) in [6, 6.07) is 2.90. The van der Waals surface area contributed by atoms with Gasteiger partial charge in [-0.2, -0.15) is 0 Å². The lowest BCUT2D eigenvalue weighted by Gasteiger charge is -2.22. The van der Waals surface area contributed by atoms with E-state index in [2.05, 4.69) is 14.9 Å². The van der Waals surface area contributed by atoms with Gasteiger partial charge in [-0.3, -0.25) is 14.9 Å². The molecular weight excluding hydrogens is 268 g/mol. The van der Waals surface area contributed by atoms with Crippen LogP contribution in [0.3, 0.4) is 0 Å². The minimum Gasteiger partial charge on any atom is -0.480 e. The molecule has 9 heteroatoms. The summed E-state index contributed by atoms with van der Waals surface area (Å²) >= 11 is 0. The van der Waals surface area contributed by atoms with E-state index in [-0.39, 0.29) is 29.3 Å². The Hall–Kier alpha value is -2.71.